The summed E-state index contributed by atoms with van der Waals surface area (Å²) < 4.78 is 2.48. The average molecular weight is 672 g/mol. The molecule has 0 unspecified atom stereocenters. The van der Waals surface area contributed by atoms with Crippen LogP contribution in [0.2, 0.25) is 0 Å². The lowest BCUT2D eigenvalue weighted by Gasteiger charge is -2.18. The lowest BCUT2D eigenvalue weighted by Crippen LogP contribution is -1.97. The number of benzene rings is 10. The van der Waals surface area contributed by atoms with Crippen molar-refractivity contribution >= 4 is 64.9 Å². The molecule has 0 saturated carbocycles. The number of fused-ring (bicyclic) bond motifs is 8. The molecule has 0 N–H and O–H groups in total. The number of hydrogen-bond donors (Lipinski definition) is 0. The molecular weight excluding hydrogens is 639 g/mol. The van der Waals surface area contributed by atoms with Gasteiger partial charge in [0.1, 0.15) is 0 Å². The first-order chi connectivity index (χ1) is 26.3. The van der Waals surface area contributed by atoms with E-state index in [1.807, 2.05) is 0 Å². The van der Waals surface area contributed by atoms with Crippen molar-refractivity contribution in [1.82, 2.24) is 4.57 Å². The molecule has 11 aromatic rings. The molecule has 0 amide bonds. The molecule has 11 rings (SSSR count). The van der Waals surface area contributed by atoms with Crippen LogP contribution in [0.1, 0.15) is 0 Å². The molecule has 0 aliphatic heterocycles. The van der Waals surface area contributed by atoms with Gasteiger partial charge in [0.05, 0.1) is 16.7 Å². The molecule has 0 atom stereocenters. The smallest absolute Gasteiger partial charge is 0.0541 e. The molecule has 0 bridgehead atoms. The monoisotopic (exact) mass is 671 g/mol. The van der Waals surface area contributed by atoms with Crippen LogP contribution in [0.3, 0.4) is 0 Å². The van der Waals surface area contributed by atoms with Gasteiger partial charge in [-0.1, -0.05) is 164 Å². The van der Waals surface area contributed by atoms with E-state index in [0.29, 0.717) is 0 Å². The molecule has 246 valence electrons. The van der Waals surface area contributed by atoms with Crippen molar-refractivity contribution in [3.05, 3.63) is 200 Å². The normalized spacial score (nSPS) is 11.8. The predicted molar refractivity (Wildman–Crippen MR) is 227 cm³/mol. The first kappa shape index (κ1) is 29.7. The number of hydrogen-bond acceptors (Lipinski definition) is 0. The Kier molecular flexibility index (Phi) is 6.62. The van der Waals surface area contributed by atoms with E-state index in [4.69, 9.17) is 0 Å². The van der Waals surface area contributed by atoms with Gasteiger partial charge in [0.2, 0.25) is 0 Å². The Bertz CT molecular complexity index is 3110. The fourth-order valence-corrected chi connectivity index (χ4v) is 8.71. The van der Waals surface area contributed by atoms with Gasteiger partial charge < -0.3 is 4.57 Å². The summed E-state index contributed by atoms with van der Waals surface area (Å²) in [6.45, 7) is 0. The molecule has 0 fully saturated rings. The fourth-order valence-electron chi connectivity index (χ4n) is 8.71. The van der Waals surface area contributed by atoms with E-state index >= 15 is 0 Å². The Morgan fingerprint density at radius 3 is 1.47 bits per heavy atom. The van der Waals surface area contributed by atoms with Crippen molar-refractivity contribution in [2.24, 2.45) is 0 Å². The Morgan fingerprint density at radius 1 is 0.264 bits per heavy atom. The molecule has 53 heavy (non-hydrogen) atoms. The molecule has 1 heterocycles. The van der Waals surface area contributed by atoms with Crippen molar-refractivity contribution in [2.45, 2.75) is 0 Å². The molecule has 0 saturated heterocycles. The summed E-state index contributed by atoms with van der Waals surface area (Å²) in [5, 5.41) is 12.6. The topological polar surface area (TPSA) is 4.93 Å². The fraction of sp³-hybridized carbons (Fsp3) is 0. The van der Waals surface area contributed by atoms with Crippen LogP contribution in [-0.4, -0.2) is 4.57 Å². The maximum atomic E-state index is 2.48. The van der Waals surface area contributed by atoms with E-state index in [1.54, 1.807) is 0 Å². The standard InChI is InChI=1S/C52H33N/c1-3-13-34(14-4-1)37-24-28-50-47(31-37)48-32-38(35-15-5-2-6-16-35)25-29-51(48)53(50)49-30-27-44(42-21-11-12-22-43(42)49)52-41-20-10-8-18-39(41)33-46-40-19-9-7-17-36(40)23-26-45(46)52/h1-33H. The van der Waals surface area contributed by atoms with Crippen molar-refractivity contribution < 1.29 is 0 Å². The Balaban J connectivity index is 1.21. The lowest BCUT2D eigenvalue weighted by molar-refractivity contribution is 1.20. The van der Waals surface area contributed by atoms with Crippen LogP contribution in [0, 0.1) is 0 Å². The van der Waals surface area contributed by atoms with Crippen LogP contribution in [0.5, 0.6) is 0 Å². The third-order valence-electron chi connectivity index (χ3n) is 11.2. The summed E-state index contributed by atoms with van der Waals surface area (Å²) in [6.07, 6.45) is 0. The molecule has 0 aliphatic carbocycles. The predicted octanol–water partition coefficient (Wildman–Crippen LogP) is 14.4. The van der Waals surface area contributed by atoms with Crippen LogP contribution in [0.15, 0.2) is 200 Å². The minimum atomic E-state index is 1.18. The average Bonchev–Trinajstić information content (AvgIpc) is 3.56. The molecule has 0 spiro atoms. The van der Waals surface area contributed by atoms with Crippen molar-refractivity contribution in [2.75, 3.05) is 0 Å². The third kappa shape index (κ3) is 4.64. The van der Waals surface area contributed by atoms with Gasteiger partial charge in [-0.25, -0.2) is 0 Å². The van der Waals surface area contributed by atoms with Gasteiger partial charge in [0.25, 0.3) is 0 Å². The highest BCUT2D eigenvalue weighted by molar-refractivity contribution is 6.23. The summed E-state index contributed by atoms with van der Waals surface area (Å²) in [7, 11) is 0. The Labute approximate surface area is 307 Å². The van der Waals surface area contributed by atoms with Crippen molar-refractivity contribution in [1.29, 1.82) is 0 Å². The van der Waals surface area contributed by atoms with Crippen LogP contribution in [-0.2, 0) is 0 Å². The summed E-state index contributed by atoms with van der Waals surface area (Å²) in [5.41, 5.74) is 11.0. The van der Waals surface area contributed by atoms with Crippen molar-refractivity contribution in [3.63, 3.8) is 0 Å². The lowest BCUT2D eigenvalue weighted by atomic mass is 9.87. The van der Waals surface area contributed by atoms with Gasteiger partial charge in [-0.2, -0.15) is 0 Å². The molecule has 10 aromatic carbocycles. The quantitative estimate of drug-likeness (QED) is 0.130. The summed E-state index contributed by atoms with van der Waals surface area (Å²) >= 11 is 0. The minimum absolute atomic E-state index is 1.18. The molecule has 0 aliphatic rings. The molecule has 0 radical (unpaired) electrons. The highest BCUT2D eigenvalue weighted by Gasteiger charge is 2.19. The summed E-state index contributed by atoms with van der Waals surface area (Å²) in [4.78, 5) is 0. The van der Waals surface area contributed by atoms with Gasteiger partial charge >= 0.3 is 0 Å². The Morgan fingerprint density at radius 2 is 0.811 bits per heavy atom. The van der Waals surface area contributed by atoms with Gasteiger partial charge in [-0.05, 0) is 107 Å². The minimum Gasteiger partial charge on any atom is -0.309 e. The highest BCUT2D eigenvalue weighted by atomic mass is 15.0. The van der Waals surface area contributed by atoms with E-state index in [1.165, 1.54) is 104 Å². The van der Waals surface area contributed by atoms with Crippen LogP contribution in [0.25, 0.3) is 104 Å². The van der Waals surface area contributed by atoms with Crippen LogP contribution >= 0.6 is 0 Å². The number of aromatic nitrogens is 1. The molecule has 1 aromatic heterocycles. The van der Waals surface area contributed by atoms with E-state index in [2.05, 4.69) is 205 Å². The second-order valence-corrected chi connectivity index (χ2v) is 14.1. The first-order valence-corrected chi connectivity index (χ1v) is 18.3. The summed E-state index contributed by atoms with van der Waals surface area (Å²) in [5.74, 6) is 0. The van der Waals surface area contributed by atoms with E-state index in [0.717, 1.165) is 0 Å². The third-order valence-corrected chi connectivity index (χ3v) is 11.2. The number of rotatable bonds is 4. The van der Waals surface area contributed by atoms with E-state index in [9.17, 15) is 0 Å². The van der Waals surface area contributed by atoms with Gasteiger partial charge in [-0.15, -0.1) is 0 Å². The maximum absolute atomic E-state index is 2.48. The molecular formula is C52H33N. The van der Waals surface area contributed by atoms with Crippen LogP contribution < -0.4 is 0 Å². The zero-order valence-electron chi connectivity index (χ0n) is 29.0. The van der Waals surface area contributed by atoms with Gasteiger partial charge in [0, 0.05) is 16.2 Å². The molecule has 1 heteroatoms. The van der Waals surface area contributed by atoms with Crippen molar-refractivity contribution in [3.8, 4) is 39.1 Å². The number of nitrogens with zero attached hydrogens (tertiary/aromatic N) is 1. The van der Waals surface area contributed by atoms with Crippen LogP contribution in [0.4, 0.5) is 0 Å². The molecule has 1 nitrogen and oxygen atoms in total. The largest absolute Gasteiger partial charge is 0.309 e. The second-order valence-electron chi connectivity index (χ2n) is 14.1. The van der Waals surface area contributed by atoms with E-state index < -0.39 is 0 Å². The van der Waals surface area contributed by atoms with Gasteiger partial charge in [-0.3, -0.25) is 0 Å². The first-order valence-electron chi connectivity index (χ1n) is 18.3. The second kappa shape index (κ2) is 11.8. The Hall–Kier alpha value is -6.96. The SMILES string of the molecule is c1ccc(-c2ccc3c(c2)c2cc(-c4ccccc4)ccc2n3-c2ccc(-c3c4ccccc4cc4c3ccc3ccccc34)c3ccccc23)cc1. The zero-order valence-corrected chi connectivity index (χ0v) is 29.0. The zero-order chi connectivity index (χ0) is 34.9. The highest BCUT2D eigenvalue weighted by Crippen LogP contribution is 2.44. The van der Waals surface area contributed by atoms with E-state index in [-0.39, 0.29) is 0 Å². The maximum Gasteiger partial charge on any atom is 0.0541 e. The summed E-state index contributed by atoms with van der Waals surface area (Å²) in [6, 6.07) is 73.6. The van der Waals surface area contributed by atoms with Gasteiger partial charge in [0.15, 0.2) is 0 Å².